The van der Waals surface area contributed by atoms with Crippen LogP contribution in [0.2, 0.25) is 0 Å². The highest BCUT2D eigenvalue weighted by Gasteiger charge is 2.13. The maximum absolute atomic E-state index is 12.3. The van der Waals surface area contributed by atoms with Gasteiger partial charge in [0, 0.05) is 24.0 Å². The smallest absolute Gasteiger partial charge is 0.215 e. The molecule has 0 unspecified atom stereocenters. The number of pyridine rings is 1. The molecule has 0 bridgehead atoms. The van der Waals surface area contributed by atoms with Crippen LogP contribution < -0.4 is 0 Å². The topological polar surface area (TPSA) is 55.7 Å². The summed E-state index contributed by atoms with van der Waals surface area (Å²) in [5.41, 5.74) is 0.879. The van der Waals surface area contributed by atoms with Gasteiger partial charge in [-0.3, -0.25) is 9.78 Å². The van der Waals surface area contributed by atoms with E-state index in [1.807, 2.05) is 30.3 Å². The van der Waals surface area contributed by atoms with Crippen LogP contribution in [0.3, 0.4) is 0 Å². The van der Waals surface area contributed by atoms with E-state index in [9.17, 15) is 4.79 Å². The van der Waals surface area contributed by atoms with Crippen molar-refractivity contribution in [3.8, 4) is 0 Å². The molecule has 0 spiro atoms. The lowest BCUT2D eigenvalue weighted by atomic mass is 10.0. The molecule has 18 heavy (non-hydrogen) atoms. The Kier molecular flexibility index (Phi) is 2.53. The zero-order valence-electron chi connectivity index (χ0n) is 9.45. The van der Waals surface area contributed by atoms with Gasteiger partial charge in [0.05, 0.1) is 5.56 Å². The van der Waals surface area contributed by atoms with Gasteiger partial charge in [-0.05, 0) is 11.5 Å². The molecule has 0 aliphatic heterocycles. The minimum atomic E-state index is -0.160. The van der Waals surface area contributed by atoms with Crippen molar-refractivity contribution in [3.05, 3.63) is 66.5 Å². The van der Waals surface area contributed by atoms with Gasteiger partial charge in [-0.15, -0.1) is 0 Å². The standard InChI is InChI=1S/C14H9N3O/c18-14(11-7-15-9-16-8-11)13-12-4-2-1-3-10(12)5-6-17-13/h1-9H. The second-order valence-corrected chi connectivity index (χ2v) is 3.84. The van der Waals surface area contributed by atoms with E-state index in [1.165, 1.54) is 18.7 Å². The summed E-state index contributed by atoms with van der Waals surface area (Å²) in [5.74, 6) is -0.160. The number of fused-ring (bicyclic) bond motifs is 1. The Hall–Kier alpha value is -2.62. The lowest BCUT2D eigenvalue weighted by Gasteiger charge is -2.03. The van der Waals surface area contributed by atoms with Crippen LogP contribution in [0.25, 0.3) is 10.8 Å². The van der Waals surface area contributed by atoms with Crippen LogP contribution in [-0.2, 0) is 0 Å². The summed E-state index contributed by atoms with van der Waals surface area (Å²) in [7, 11) is 0. The van der Waals surface area contributed by atoms with Crippen LogP contribution in [-0.4, -0.2) is 20.7 Å². The molecule has 0 aliphatic carbocycles. The van der Waals surface area contributed by atoms with Gasteiger partial charge in [-0.2, -0.15) is 0 Å². The monoisotopic (exact) mass is 235 g/mol. The van der Waals surface area contributed by atoms with E-state index < -0.39 is 0 Å². The van der Waals surface area contributed by atoms with Crippen molar-refractivity contribution in [1.82, 2.24) is 15.0 Å². The Morgan fingerprint density at radius 1 is 1.00 bits per heavy atom. The number of benzene rings is 1. The number of aromatic nitrogens is 3. The van der Waals surface area contributed by atoms with Gasteiger partial charge in [-0.25, -0.2) is 9.97 Å². The largest absolute Gasteiger partial charge is 0.287 e. The van der Waals surface area contributed by atoms with E-state index in [-0.39, 0.29) is 5.78 Å². The molecule has 86 valence electrons. The summed E-state index contributed by atoms with van der Waals surface area (Å²) in [5, 5.41) is 1.83. The predicted molar refractivity (Wildman–Crippen MR) is 67.2 cm³/mol. The first-order valence-electron chi connectivity index (χ1n) is 5.50. The van der Waals surface area contributed by atoms with Crippen molar-refractivity contribution < 1.29 is 4.79 Å². The molecule has 1 aromatic carbocycles. The molecule has 2 heterocycles. The van der Waals surface area contributed by atoms with Gasteiger partial charge in [0.2, 0.25) is 5.78 Å². The zero-order valence-corrected chi connectivity index (χ0v) is 9.45. The Balaban J connectivity index is 2.18. The summed E-state index contributed by atoms with van der Waals surface area (Å²) < 4.78 is 0. The van der Waals surface area contributed by atoms with E-state index in [0.29, 0.717) is 11.3 Å². The van der Waals surface area contributed by atoms with Crippen LogP contribution in [0.5, 0.6) is 0 Å². The van der Waals surface area contributed by atoms with Crippen LogP contribution in [0.4, 0.5) is 0 Å². The molecule has 0 saturated carbocycles. The highest BCUT2D eigenvalue weighted by Crippen LogP contribution is 2.18. The Morgan fingerprint density at radius 3 is 2.61 bits per heavy atom. The molecule has 0 radical (unpaired) electrons. The summed E-state index contributed by atoms with van der Waals surface area (Å²) >= 11 is 0. The number of ketones is 1. The van der Waals surface area contributed by atoms with Gasteiger partial charge in [0.1, 0.15) is 12.0 Å². The third-order valence-corrected chi connectivity index (χ3v) is 2.71. The second kappa shape index (κ2) is 4.33. The first-order valence-corrected chi connectivity index (χ1v) is 5.50. The molecule has 0 amide bonds. The lowest BCUT2D eigenvalue weighted by molar-refractivity contribution is 0.103. The normalized spacial score (nSPS) is 10.4. The summed E-state index contributed by atoms with van der Waals surface area (Å²) in [6.07, 6.45) is 6.03. The number of carbonyl (C=O) groups excluding carboxylic acids is 1. The van der Waals surface area contributed by atoms with Crippen molar-refractivity contribution in [1.29, 1.82) is 0 Å². The van der Waals surface area contributed by atoms with Gasteiger partial charge < -0.3 is 0 Å². The fourth-order valence-corrected chi connectivity index (χ4v) is 1.85. The minimum absolute atomic E-state index is 0.160. The predicted octanol–water partition coefficient (Wildman–Crippen LogP) is 2.26. The van der Waals surface area contributed by atoms with Crippen molar-refractivity contribution in [3.63, 3.8) is 0 Å². The molecule has 4 heteroatoms. The molecule has 4 nitrogen and oxygen atoms in total. The Morgan fingerprint density at radius 2 is 1.78 bits per heavy atom. The number of hydrogen-bond donors (Lipinski definition) is 0. The number of carbonyl (C=O) groups is 1. The fraction of sp³-hybridized carbons (Fsp3) is 0. The molecule has 0 atom stereocenters. The van der Waals surface area contributed by atoms with E-state index in [1.54, 1.807) is 6.20 Å². The van der Waals surface area contributed by atoms with Crippen molar-refractivity contribution in [2.75, 3.05) is 0 Å². The van der Waals surface area contributed by atoms with Gasteiger partial charge >= 0.3 is 0 Å². The Bertz CT molecular complexity index is 705. The van der Waals surface area contributed by atoms with E-state index >= 15 is 0 Å². The summed E-state index contributed by atoms with van der Waals surface area (Å²) in [6.45, 7) is 0. The van der Waals surface area contributed by atoms with Crippen LogP contribution >= 0.6 is 0 Å². The van der Waals surface area contributed by atoms with E-state index in [4.69, 9.17) is 0 Å². The zero-order chi connectivity index (χ0) is 12.4. The molecular formula is C14H9N3O. The quantitative estimate of drug-likeness (QED) is 0.639. The maximum atomic E-state index is 12.3. The number of hydrogen-bond acceptors (Lipinski definition) is 4. The third-order valence-electron chi connectivity index (χ3n) is 2.71. The Labute approximate surface area is 103 Å². The number of rotatable bonds is 2. The van der Waals surface area contributed by atoms with Gasteiger partial charge in [0.15, 0.2) is 0 Å². The highest BCUT2D eigenvalue weighted by atomic mass is 16.1. The molecule has 0 N–H and O–H groups in total. The van der Waals surface area contributed by atoms with Gasteiger partial charge in [-0.1, -0.05) is 24.3 Å². The molecule has 3 rings (SSSR count). The van der Waals surface area contributed by atoms with Crippen molar-refractivity contribution in [2.24, 2.45) is 0 Å². The van der Waals surface area contributed by atoms with Crippen molar-refractivity contribution >= 4 is 16.6 Å². The second-order valence-electron chi connectivity index (χ2n) is 3.84. The highest BCUT2D eigenvalue weighted by molar-refractivity contribution is 6.14. The molecule has 0 fully saturated rings. The molecule has 0 aliphatic rings. The average Bonchev–Trinajstić information content (AvgIpc) is 2.47. The van der Waals surface area contributed by atoms with Crippen molar-refractivity contribution in [2.45, 2.75) is 0 Å². The average molecular weight is 235 g/mol. The van der Waals surface area contributed by atoms with Crippen LogP contribution in [0.1, 0.15) is 16.1 Å². The molecule has 0 saturated heterocycles. The molecule has 2 aromatic heterocycles. The van der Waals surface area contributed by atoms with Crippen LogP contribution in [0.15, 0.2) is 55.2 Å². The van der Waals surface area contributed by atoms with Crippen LogP contribution in [0, 0.1) is 0 Å². The third kappa shape index (κ3) is 1.73. The maximum Gasteiger partial charge on any atom is 0.215 e. The lowest BCUT2D eigenvalue weighted by Crippen LogP contribution is -2.05. The minimum Gasteiger partial charge on any atom is -0.287 e. The first kappa shape index (κ1) is 10.5. The summed E-state index contributed by atoms with van der Waals surface area (Å²) in [4.78, 5) is 24.2. The first-order chi connectivity index (χ1) is 8.86. The van der Waals surface area contributed by atoms with Gasteiger partial charge in [0.25, 0.3) is 0 Å². The number of nitrogens with zero attached hydrogens (tertiary/aromatic N) is 3. The molecule has 3 aromatic rings. The fourth-order valence-electron chi connectivity index (χ4n) is 1.85. The van der Waals surface area contributed by atoms with E-state index in [2.05, 4.69) is 15.0 Å². The SMILES string of the molecule is O=C(c1cncnc1)c1nccc2ccccc12. The summed E-state index contributed by atoms with van der Waals surface area (Å²) in [6, 6.07) is 9.55. The molecular weight excluding hydrogens is 226 g/mol. The van der Waals surface area contributed by atoms with E-state index in [0.717, 1.165) is 10.8 Å².